The van der Waals surface area contributed by atoms with Gasteiger partial charge in [0.1, 0.15) is 0 Å². The van der Waals surface area contributed by atoms with Crippen LogP contribution in [0.2, 0.25) is 0 Å². The number of nitrogens with zero attached hydrogens (tertiary/aromatic N) is 2. The molecule has 0 saturated heterocycles. The van der Waals surface area contributed by atoms with Crippen LogP contribution >= 0.6 is 0 Å². The molecular weight excluding hydrogens is 322 g/mol. The van der Waals surface area contributed by atoms with Crippen LogP contribution in [0.4, 0.5) is 5.69 Å². The summed E-state index contributed by atoms with van der Waals surface area (Å²) in [5.74, 6) is 1.28. The van der Waals surface area contributed by atoms with Gasteiger partial charge in [-0.3, -0.25) is 0 Å². The minimum Gasteiger partial charge on any atom is -0.384 e. The Balaban J connectivity index is 1.68. The third-order valence-corrected chi connectivity index (χ3v) is 5.03. The number of aromatic nitrogens is 2. The van der Waals surface area contributed by atoms with E-state index in [0.717, 1.165) is 49.8 Å². The molecule has 0 amide bonds. The quantitative estimate of drug-likeness (QED) is 0.659. The van der Waals surface area contributed by atoms with E-state index in [0.29, 0.717) is 11.7 Å². The minimum atomic E-state index is 0.601. The molecule has 4 rings (SSSR count). The maximum absolute atomic E-state index is 5.62. The van der Waals surface area contributed by atoms with Crippen molar-refractivity contribution in [1.29, 1.82) is 0 Å². The molecule has 3 aromatic rings. The predicted molar refractivity (Wildman–Crippen MR) is 105 cm³/mol. The standard InChI is InChI=1S/C22H25N3O/c1-3-6-15-10-11-17(14-16(15)7-4-2)22-24-21(25-26-22)19-8-5-9-20-18(19)12-13-23-20/h5,8-11,14,23H,3-4,6-7,12-13H2,1-2H3. The molecule has 1 aliphatic heterocycles. The van der Waals surface area contributed by atoms with Gasteiger partial charge in [-0.05, 0) is 54.2 Å². The lowest BCUT2D eigenvalue weighted by Gasteiger charge is -2.09. The largest absolute Gasteiger partial charge is 0.384 e. The second-order valence-corrected chi connectivity index (χ2v) is 6.92. The van der Waals surface area contributed by atoms with Gasteiger partial charge < -0.3 is 9.84 Å². The van der Waals surface area contributed by atoms with Crippen LogP contribution in [0, 0.1) is 0 Å². The molecule has 0 bridgehead atoms. The van der Waals surface area contributed by atoms with Crippen molar-refractivity contribution in [2.45, 2.75) is 46.0 Å². The van der Waals surface area contributed by atoms with Crippen molar-refractivity contribution < 1.29 is 4.52 Å². The molecule has 2 heterocycles. The van der Waals surface area contributed by atoms with E-state index in [2.05, 4.69) is 54.7 Å². The van der Waals surface area contributed by atoms with E-state index in [1.54, 1.807) is 0 Å². The van der Waals surface area contributed by atoms with Crippen molar-refractivity contribution in [2.24, 2.45) is 0 Å². The summed E-state index contributed by atoms with van der Waals surface area (Å²) in [5.41, 5.74) is 7.38. The number of hydrogen-bond acceptors (Lipinski definition) is 4. The lowest BCUT2D eigenvalue weighted by Crippen LogP contribution is -1.95. The van der Waals surface area contributed by atoms with Gasteiger partial charge in [-0.15, -0.1) is 0 Å². The summed E-state index contributed by atoms with van der Waals surface area (Å²) < 4.78 is 5.62. The highest BCUT2D eigenvalue weighted by atomic mass is 16.5. The molecule has 2 aromatic carbocycles. The maximum Gasteiger partial charge on any atom is 0.258 e. The van der Waals surface area contributed by atoms with Gasteiger partial charge in [-0.25, -0.2) is 0 Å². The zero-order valence-corrected chi connectivity index (χ0v) is 15.5. The fourth-order valence-corrected chi connectivity index (χ4v) is 3.78. The molecule has 26 heavy (non-hydrogen) atoms. The molecular formula is C22H25N3O. The highest BCUT2D eigenvalue weighted by molar-refractivity contribution is 5.72. The molecule has 0 spiro atoms. The third kappa shape index (κ3) is 3.12. The van der Waals surface area contributed by atoms with E-state index in [4.69, 9.17) is 9.51 Å². The molecule has 1 aromatic heterocycles. The molecule has 0 fully saturated rings. The Bertz CT molecular complexity index is 914. The number of hydrogen-bond donors (Lipinski definition) is 1. The van der Waals surface area contributed by atoms with Gasteiger partial charge in [0.05, 0.1) is 0 Å². The average molecular weight is 347 g/mol. The first kappa shape index (κ1) is 16.8. The van der Waals surface area contributed by atoms with Crippen LogP contribution in [-0.4, -0.2) is 16.7 Å². The van der Waals surface area contributed by atoms with Crippen molar-refractivity contribution in [3.05, 3.63) is 53.1 Å². The van der Waals surface area contributed by atoms with E-state index in [9.17, 15) is 0 Å². The molecule has 0 saturated carbocycles. The first-order valence-electron chi connectivity index (χ1n) is 9.62. The second-order valence-electron chi connectivity index (χ2n) is 6.92. The highest BCUT2D eigenvalue weighted by Gasteiger charge is 2.19. The van der Waals surface area contributed by atoms with Gasteiger partial charge in [-0.1, -0.05) is 50.0 Å². The van der Waals surface area contributed by atoms with Crippen molar-refractivity contribution in [3.8, 4) is 22.8 Å². The second kappa shape index (κ2) is 7.32. The number of anilines is 1. The fourth-order valence-electron chi connectivity index (χ4n) is 3.78. The lowest BCUT2D eigenvalue weighted by atomic mass is 9.97. The van der Waals surface area contributed by atoms with E-state index in [-0.39, 0.29) is 0 Å². The Morgan fingerprint density at radius 2 is 1.88 bits per heavy atom. The van der Waals surface area contributed by atoms with Gasteiger partial charge in [-0.2, -0.15) is 4.98 Å². The summed E-state index contributed by atoms with van der Waals surface area (Å²) in [4.78, 5) is 4.70. The Kier molecular flexibility index (Phi) is 4.74. The van der Waals surface area contributed by atoms with Crippen molar-refractivity contribution >= 4 is 5.69 Å². The first-order chi connectivity index (χ1) is 12.8. The van der Waals surface area contributed by atoms with Crippen LogP contribution < -0.4 is 5.32 Å². The zero-order valence-electron chi connectivity index (χ0n) is 15.5. The summed E-state index contributed by atoms with van der Waals surface area (Å²) in [7, 11) is 0. The van der Waals surface area contributed by atoms with Crippen LogP contribution in [-0.2, 0) is 19.3 Å². The summed E-state index contributed by atoms with van der Waals surface area (Å²) in [6, 6.07) is 12.8. The average Bonchev–Trinajstić information content (AvgIpc) is 3.33. The van der Waals surface area contributed by atoms with Crippen LogP contribution in [0.15, 0.2) is 40.9 Å². The summed E-state index contributed by atoms with van der Waals surface area (Å²) in [6.07, 6.45) is 5.50. The van der Waals surface area contributed by atoms with Crippen LogP contribution in [0.1, 0.15) is 43.4 Å². The maximum atomic E-state index is 5.62. The number of nitrogens with one attached hydrogen (secondary N) is 1. The first-order valence-corrected chi connectivity index (χ1v) is 9.62. The number of fused-ring (bicyclic) bond motifs is 1. The third-order valence-electron chi connectivity index (χ3n) is 5.03. The molecule has 4 heteroatoms. The fraction of sp³-hybridized carbons (Fsp3) is 0.364. The summed E-state index contributed by atoms with van der Waals surface area (Å²) in [6.45, 7) is 5.41. The molecule has 0 radical (unpaired) electrons. The molecule has 134 valence electrons. The predicted octanol–water partition coefficient (Wildman–Crippen LogP) is 5.28. The van der Waals surface area contributed by atoms with Crippen LogP contribution in [0.25, 0.3) is 22.8 Å². The van der Waals surface area contributed by atoms with Gasteiger partial charge in [0, 0.05) is 23.4 Å². The Morgan fingerprint density at radius 3 is 2.73 bits per heavy atom. The van der Waals surface area contributed by atoms with Gasteiger partial charge >= 0.3 is 0 Å². The molecule has 4 nitrogen and oxygen atoms in total. The van der Waals surface area contributed by atoms with E-state index >= 15 is 0 Å². The van der Waals surface area contributed by atoms with E-state index in [1.165, 1.54) is 22.4 Å². The van der Waals surface area contributed by atoms with E-state index in [1.807, 2.05) is 6.07 Å². The van der Waals surface area contributed by atoms with Gasteiger partial charge in [0.15, 0.2) is 0 Å². The normalized spacial score (nSPS) is 12.8. The van der Waals surface area contributed by atoms with Gasteiger partial charge in [0.2, 0.25) is 5.82 Å². The van der Waals surface area contributed by atoms with Crippen molar-refractivity contribution in [2.75, 3.05) is 11.9 Å². The van der Waals surface area contributed by atoms with Crippen LogP contribution in [0.5, 0.6) is 0 Å². The highest BCUT2D eigenvalue weighted by Crippen LogP contribution is 2.32. The lowest BCUT2D eigenvalue weighted by molar-refractivity contribution is 0.432. The molecule has 1 aliphatic rings. The zero-order chi connectivity index (χ0) is 17.9. The Morgan fingerprint density at radius 1 is 1.04 bits per heavy atom. The van der Waals surface area contributed by atoms with Gasteiger partial charge in [0.25, 0.3) is 5.89 Å². The number of aryl methyl sites for hydroxylation is 2. The van der Waals surface area contributed by atoms with Crippen molar-refractivity contribution in [3.63, 3.8) is 0 Å². The van der Waals surface area contributed by atoms with Crippen LogP contribution in [0.3, 0.4) is 0 Å². The Labute approximate surface area is 154 Å². The number of benzene rings is 2. The molecule has 0 atom stereocenters. The topological polar surface area (TPSA) is 51.0 Å². The smallest absolute Gasteiger partial charge is 0.258 e. The monoisotopic (exact) mass is 347 g/mol. The molecule has 0 unspecified atom stereocenters. The number of rotatable bonds is 6. The SMILES string of the molecule is CCCc1ccc(-c2nc(-c3cccc4c3CCN4)no2)cc1CCC. The summed E-state index contributed by atoms with van der Waals surface area (Å²) >= 11 is 0. The van der Waals surface area contributed by atoms with Crippen molar-refractivity contribution in [1.82, 2.24) is 10.1 Å². The Hall–Kier alpha value is -2.62. The molecule has 1 N–H and O–H groups in total. The molecule has 0 aliphatic carbocycles. The minimum absolute atomic E-state index is 0.601. The summed E-state index contributed by atoms with van der Waals surface area (Å²) in [5, 5.41) is 7.66. The van der Waals surface area contributed by atoms with E-state index < -0.39 is 0 Å².